The maximum absolute atomic E-state index is 13.0. The molecule has 4 rings (SSSR count). The van der Waals surface area contributed by atoms with E-state index in [9.17, 15) is 13.2 Å². The first-order valence-electron chi connectivity index (χ1n) is 10.2. The average molecular weight is 475 g/mol. The molecule has 1 amide bonds. The minimum Gasteiger partial charge on any atom is -0.407 e. The highest BCUT2D eigenvalue weighted by Crippen LogP contribution is 2.27. The maximum Gasteiger partial charge on any atom is 0.322 e. The normalized spacial score (nSPS) is 16.9. The number of hydrogen-bond donors (Lipinski definition) is 1. The summed E-state index contributed by atoms with van der Waals surface area (Å²) < 4.78 is 32.8. The number of benzene rings is 2. The van der Waals surface area contributed by atoms with E-state index in [4.69, 9.17) is 16.0 Å². The van der Waals surface area contributed by atoms with Crippen LogP contribution in [0.1, 0.15) is 35.4 Å². The van der Waals surface area contributed by atoms with Crippen molar-refractivity contribution in [3.05, 3.63) is 70.1 Å². The largest absolute Gasteiger partial charge is 0.407 e. The van der Waals surface area contributed by atoms with E-state index in [0.29, 0.717) is 30.2 Å². The van der Waals surface area contributed by atoms with Crippen molar-refractivity contribution in [1.82, 2.24) is 14.5 Å². The number of hydrogen-bond acceptors (Lipinski definition) is 6. The van der Waals surface area contributed by atoms with Gasteiger partial charge in [0.1, 0.15) is 6.04 Å². The van der Waals surface area contributed by atoms with Crippen LogP contribution in [0.15, 0.2) is 51.8 Å². The predicted molar refractivity (Wildman–Crippen MR) is 120 cm³/mol. The minimum atomic E-state index is -3.84. The fourth-order valence-corrected chi connectivity index (χ4v) is 5.47. The van der Waals surface area contributed by atoms with Gasteiger partial charge in [-0.2, -0.15) is 4.31 Å². The van der Waals surface area contributed by atoms with E-state index < -0.39 is 22.0 Å². The van der Waals surface area contributed by atoms with Gasteiger partial charge < -0.3 is 4.42 Å². The Kier molecular flexibility index (Phi) is 6.32. The second-order valence-electron chi connectivity index (χ2n) is 7.81. The van der Waals surface area contributed by atoms with Crippen LogP contribution < -0.4 is 5.32 Å². The topological polar surface area (TPSA) is 105 Å². The van der Waals surface area contributed by atoms with E-state index >= 15 is 0 Å². The number of nitrogens with one attached hydrogen (secondary N) is 1. The van der Waals surface area contributed by atoms with Gasteiger partial charge in [0.2, 0.25) is 21.8 Å². The van der Waals surface area contributed by atoms with Crippen LogP contribution in [0.4, 0.5) is 6.01 Å². The van der Waals surface area contributed by atoms with Crippen LogP contribution in [-0.4, -0.2) is 41.4 Å². The summed E-state index contributed by atoms with van der Waals surface area (Å²) >= 11 is 5.86. The van der Waals surface area contributed by atoms with Crippen LogP contribution in [0.5, 0.6) is 0 Å². The molecule has 8 nitrogen and oxygen atoms in total. The van der Waals surface area contributed by atoms with Crippen molar-refractivity contribution in [3.63, 3.8) is 0 Å². The lowest BCUT2D eigenvalue weighted by Gasteiger charge is -2.22. The van der Waals surface area contributed by atoms with Crippen LogP contribution in [0.25, 0.3) is 0 Å². The first-order valence-corrected chi connectivity index (χ1v) is 12.0. The Morgan fingerprint density at radius 1 is 1.16 bits per heavy atom. The third-order valence-electron chi connectivity index (χ3n) is 5.55. The highest BCUT2D eigenvalue weighted by atomic mass is 35.5. The van der Waals surface area contributed by atoms with Gasteiger partial charge in [-0.25, -0.2) is 8.42 Å². The van der Waals surface area contributed by atoms with Crippen LogP contribution in [0, 0.1) is 13.8 Å². The lowest BCUT2D eigenvalue weighted by atomic mass is 10.0. The zero-order valence-electron chi connectivity index (χ0n) is 17.7. The summed E-state index contributed by atoms with van der Waals surface area (Å²) in [6.45, 7) is 4.33. The summed E-state index contributed by atoms with van der Waals surface area (Å²) in [4.78, 5) is 12.9. The number of sulfonamides is 1. The molecule has 3 aromatic rings. The molecule has 1 atom stereocenters. The van der Waals surface area contributed by atoms with Crippen molar-refractivity contribution in [2.75, 3.05) is 11.9 Å². The van der Waals surface area contributed by atoms with E-state index in [1.165, 1.54) is 39.7 Å². The summed E-state index contributed by atoms with van der Waals surface area (Å²) in [5.41, 5.74) is 3.38. The van der Waals surface area contributed by atoms with E-state index in [2.05, 4.69) is 21.6 Å². The predicted octanol–water partition coefficient (Wildman–Crippen LogP) is 3.72. The molecule has 10 heteroatoms. The number of carbonyl (C=O) groups is 1. The van der Waals surface area contributed by atoms with E-state index in [0.717, 1.165) is 5.56 Å². The molecule has 1 aliphatic rings. The molecule has 32 heavy (non-hydrogen) atoms. The Labute approximate surface area is 191 Å². The Balaban J connectivity index is 1.45. The van der Waals surface area contributed by atoms with Crippen molar-refractivity contribution in [2.24, 2.45) is 0 Å². The zero-order chi connectivity index (χ0) is 22.9. The summed E-state index contributed by atoms with van der Waals surface area (Å²) in [7, 11) is -3.84. The number of aryl methyl sites for hydroxylation is 2. The van der Waals surface area contributed by atoms with Gasteiger partial charge in [0.25, 0.3) is 0 Å². The van der Waals surface area contributed by atoms with Crippen molar-refractivity contribution in [1.29, 1.82) is 0 Å². The van der Waals surface area contributed by atoms with Crippen LogP contribution in [0.2, 0.25) is 5.02 Å². The summed E-state index contributed by atoms with van der Waals surface area (Å²) in [5, 5.41) is 10.9. The van der Waals surface area contributed by atoms with E-state index in [1.54, 1.807) is 0 Å². The molecule has 1 aromatic heterocycles. The molecular formula is C22H23ClN4O4S. The highest BCUT2D eigenvalue weighted by Gasteiger charge is 2.39. The zero-order valence-corrected chi connectivity index (χ0v) is 19.3. The number of aromatic nitrogens is 2. The lowest BCUT2D eigenvalue weighted by molar-refractivity contribution is -0.119. The number of carbonyl (C=O) groups excluding carboxylic acids is 1. The van der Waals surface area contributed by atoms with Crippen molar-refractivity contribution < 1.29 is 17.6 Å². The van der Waals surface area contributed by atoms with Crippen LogP contribution in [-0.2, 0) is 21.2 Å². The molecule has 0 saturated carbocycles. The van der Waals surface area contributed by atoms with Gasteiger partial charge in [-0.3, -0.25) is 10.1 Å². The van der Waals surface area contributed by atoms with Gasteiger partial charge in [-0.15, -0.1) is 5.10 Å². The maximum atomic E-state index is 13.0. The summed E-state index contributed by atoms with van der Waals surface area (Å²) in [6.07, 6.45) is 1.42. The molecule has 1 saturated heterocycles. The fourth-order valence-electron chi connectivity index (χ4n) is 3.68. The third kappa shape index (κ3) is 4.69. The Morgan fingerprint density at radius 2 is 1.91 bits per heavy atom. The minimum absolute atomic E-state index is 0.0513. The molecule has 1 unspecified atom stereocenters. The molecule has 0 spiro atoms. The summed E-state index contributed by atoms with van der Waals surface area (Å²) in [6, 6.07) is 11.0. The van der Waals surface area contributed by atoms with Crippen molar-refractivity contribution >= 4 is 33.5 Å². The number of anilines is 1. The first kappa shape index (κ1) is 22.4. The van der Waals surface area contributed by atoms with Gasteiger partial charge >= 0.3 is 6.01 Å². The summed E-state index contributed by atoms with van der Waals surface area (Å²) in [5.74, 6) is -0.137. The van der Waals surface area contributed by atoms with Crippen molar-refractivity contribution in [2.45, 2.75) is 44.0 Å². The molecule has 168 valence electrons. The molecule has 1 aliphatic heterocycles. The Bertz CT molecular complexity index is 1240. The fraction of sp³-hybridized carbons (Fsp3) is 0.318. The Morgan fingerprint density at radius 3 is 2.62 bits per heavy atom. The van der Waals surface area contributed by atoms with Gasteiger partial charge in [0, 0.05) is 11.6 Å². The standard InChI is InChI=1S/C22H23ClN4O4S/c1-14-5-6-16(12-15(14)2)13-20-25-26-22(31-20)24-21(28)19-4-3-11-27(19)32(29,30)18-9-7-17(23)8-10-18/h5-10,12,19H,3-4,11,13H2,1-2H3,(H,24,26,28). The SMILES string of the molecule is Cc1ccc(Cc2nnc(NC(=O)C3CCCN3S(=O)(=O)c3ccc(Cl)cc3)o2)cc1C. The van der Waals surface area contributed by atoms with Gasteiger partial charge in [-0.05, 0) is 67.6 Å². The second-order valence-corrected chi connectivity index (χ2v) is 10.1. The van der Waals surface area contributed by atoms with Crippen LogP contribution in [0.3, 0.4) is 0 Å². The number of halogens is 1. The molecule has 1 N–H and O–H groups in total. The molecule has 1 fully saturated rings. The highest BCUT2D eigenvalue weighted by molar-refractivity contribution is 7.89. The molecule has 0 bridgehead atoms. The average Bonchev–Trinajstić information content (AvgIpc) is 3.41. The monoisotopic (exact) mass is 474 g/mol. The van der Waals surface area contributed by atoms with Crippen LogP contribution >= 0.6 is 11.6 Å². The molecule has 0 aliphatic carbocycles. The van der Waals surface area contributed by atoms with Gasteiger partial charge in [0.15, 0.2) is 0 Å². The first-order chi connectivity index (χ1) is 15.2. The quantitative estimate of drug-likeness (QED) is 0.583. The molecule has 0 radical (unpaired) electrons. The Hall–Kier alpha value is -2.75. The molecule has 2 aromatic carbocycles. The molecular weight excluding hydrogens is 452 g/mol. The van der Waals surface area contributed by atoms with E-state index in [-0.39, 0.29) is 17.5 Å². The van der Waals surface area contributed by atoms with E-state index in [1.807, 2.05) is 26.0 Å². The van der Waals surface area contributed by atoms with Crippen molar-refractivity contribution in [3.8, 4) is 0 Å². The van der Waals surface area contributed by atoms with Gasteiger partial charge in [-0.1, -0.05) is 34.9 Å². The third-order valence-corrected chi connectivity index (χ3v) is 7.72. The number of amides is 1. The number of nitrogens with zero attached hydrogens (tertiary/aromatic N) is 3. The lowest BCUT2D eigenvalue weighted by Crippen LogP contribution is -2.43. The second kappa shape index (κ2) is 9.01. The smallest absolute Gasteiger partial charge is 0.322 e. The number of rotatable bonds is 6. The van der Waals surface area contributed by atoms with Gasteiger partial charge in [0.05, 0.1) is 11.3 Å². The molecule has 2 heterocycles.